The van der Waals surface area contributed by atoms with Gasteiger partial charge in [0, 0.05) is 23.8 Å². The highest BCUT2D eigenvalue weighted by molar-refractivity contribution is 7.89. The average Bonchev–Trinajstić information content (AvgIpc) is 2.81. The Hall–Kier alpha value is -0.960. The number of aromatic amines is 1. The van der Waals surface area contributed by atoms with E-state index in [1.165, 1.54) is 19.3 Å². The molecule has 1 unspecified atom stereocenters. The molecule has 1 aliphatic heterocycles. The first-order chi connectivity index (χ1) is 9.94. The SMILES string of the molecule is Cc1[nH]nc(S(=O)(=O)NC(C)CN2CCCCC2)c1CO. The molecule has 0 aromatic carbocycles. The number of nitrogens with one attached hydrogen (secondary N) is 2. The summed E-state index contributed by atoms with van der Waals surface area (Å²) >= 11 is 0. The molecule has 1 aromatic rings. The molecule has 3 N–H and O–H groups in total. The fourth-order valence-corrected chi connectivity index (χ4v) is 4.15. The van der Waals surface area contributed by atoms with Crippen molar-refractivity contribution >= 4 is 10.0 Å². The van der Waals surface area contributed by atoms with Crippen molar-refractivity contribution < 1.29 is 13.5 Å². The van der Waals surface area contributed by atoms with Crippen molar-refractivity contribution in [1.29, 1.82) is 0 Å². The summed E-state index contributed by atoms with van der Waals surface area (Å²) in [5.74, 6) is 0. The monoisotopic (exact) mass is 316 g/mol. The van der Waals surface area contributed by atoms with Crippen LogP contribution in [-0.2, 0) is 16.6 Å². The average molecular weight is 316 g/mol. The maximum Gasteiger partial charge on any atom is 0.260 e. The van der Waals surface area contributed by atoms with Crippen molar-refractivity contribution in [1.82, 2.24) is 19.8 Å². The number of hydrogen-bond donors (Lipinski definition) is 3. The largest absolute Gasteiger partial charge is 0.392 e. The van der Waals surface area contributed by atoms with Gasteiger partial charge in [-0.15, -0.1) is 0 Å². The van der Waals surface area contributed by atoms with Crippen molar-refractivity contribution in [3.63, 3.8) is 0 Å². The van der Waals surface area contributed by atoms with Gasteiger partial charge in [0.2, 0.25) is 0 Å². The lowest BCUT2D eigenvalue weighted by molar-refractivity contribution is 0.215. The Kier molecular flexibility index (Phi) is 5.37. The van der Waals surface area contributed by atoms with E-state index in [2.05, 4.69) is 19.8 Å². The number of aliphatic hydroxyl groups excluding tert-OH is 1. The Morgan fingerprint density at radius 3 is 2.67 bits per heavy atom. The van der Waals surface area contributed by atoms with Crippen molar-refractivity contribution in [2.45, 2.75) is 50.8 Å². The number of aliphatic hydroxyl groups is 1. The summed E-state index contributed by atoms with van der Waals surface area (Å²) < 4.78 is 27.4. The number of rotatable bonds is 6. The second-order valence-corrected chi connectivity index (χ2v) is 7.30. The molecular formula is C13H24N4O3S. The molecule has 0 aliphatic carbocycles. The van der Waals surface area contributed by atoms with E-state index in [-0.39, 0.29) is 17.7 Å². The number of piperidine rings is 1. The van der Waals surface area contributed by atoms with Crippen LogP contribution in [0.1, 0.15) is 37.4 Å². The molecule has 1 fully saturated rings. The van der Waals surface area contributed by atoms with E-state index in [0.717, 1.165) is 13.1 Å². The van der Waals surface area contributed by atoms with Gasteiger partial charge in [0.25, 0.3) is 10.0 Å². The first kappa shape index (κ1) is 16.4. The fraction of sp³-hybridized carbons (Fsp3) is 0.769. The fourth-order valence-electron chi connectivity index (χ4n) is 2.73. The molecule has 1 aliphatic rings. The Bertz CT molecular complexity index is 564. The molecule has 1 saturated heterocycles. The Morgan fingerprint density at radius 1 is 1.38 bits per heavy atom. The molecule has 2 rings (SSSR count). The predicted molar refractivity (Wildman–Crippen MR) is 79.3 cm³/mol. The highest BCUT2D eigenvalue weighted by Gasteiger charge is 2.26. The van der Waals surface area contributed by atoms with Crippen LogP contribution in [0.25, 0.3) is 0 Å². The molecule has 0 saturated carbocycles. The number of H-pyrrole nitrogens is 1. The smallest absolute Gasteiger partial charge is 0.260 e. The van der Waals surface area contributed by atoms with Gasteiger partial charge in [-0.1, -0.05) is 6.42 Å². The number of aromatic nitrogens is 2. The van der Waals surface area contributed by atoms with Gasteiger partial charge < -0.3 is 10.0 Å². The molecule has 0 spiro atoms. The molecular weight excluding hydrogens is 292 g/mol. The lowest BCUT2D eigenvalue weighted by Gasteiger charge is -2.29. The van der Waals surface area contributed by atoms with Crippen molar-refractivity contribution in [2.75, 3.05) is 19.6 Å². The highest BCUT2D eigenvalue weighted by Crippen LogP contribution is 2.16. The molecule has 7 nitrogen and oxygen atoms in total. The molecule has 120 valence electrons. The first-order valence-electron chi connectivity index (χ1n) is 7.33. The van der Waals surface area contributed by atoms with Crippen molar-refractivity contribution in [3.05, 3.63) is 11.3 Å². The summed E-state index contributed by atoms with van der Waals surface area (Å²) in [5, 5.41) is 15.6. The van der Waals surface area contributed by atoms with Gasteiger partial charge in [0.1, 0.15) is 0 Å². The molecule has 1 aromatic heterocycles. The number of hydrogen-bond acceptors (Lipinski definition) is 5. The van der Waals surface area contributed by atoms with Gasteiger partial charge in [-0.3, -0.25) is 5.10 Å². The van der Waals surface area contributed by atoms with Gasteiger partial charge in [0.15, 0.2) is 5.03 Å². The zero-order valence-electron chi connectivity index (χ0n) is 12.6. The minimum absolute atomic E-state index is 0.104. The lowest BCUT2D eigenvalue weighted by Crippen LogP contribution is -2.43. The minimum atomic E-state index is -3.71. The molecule has 0 bridgehead atoms. The standard InChI is InChI=1S/C13H24N4O3S/c1-10(8-17-6-4-3-5-7-17)16-21(19,20)13-12(9-18)11(2)14-15-13/h10,16,18H,3-9H2,1-2H3,(H,14,15). The zero-order chi connectivity index (χ0) is 15.5. The van der Waals surface area contributed by atoms with E-state index in [1.807, 2.05) is 6.92 Å². The van der Waals surface area contributed by atoms with Gasteiger partial charge in [-0.05, 0) is 39.8 Å². The summed E-state index contributed by atoms with van der Waals surface area (Å²) in [6, 6.07) is -0.198. The molecule has 0 amide bonds. The second-order valence-electron chi connectivity index (χ2n) is 5.67. The van der Waals surface area contributed by atoms with Crippen LogP contribution in [0.4, 0.5) is 0 Å². The molecule has 21 heavy (non-hydrogen) atoms. The Labute approximate surface area is 125 Å². The first-order valence-corrected chi connectivity index (χ1v) is 8.81. The van der Waals surface area contributed by atoms with E-state index in [9.17, 15) is 13.5 Å². The summed E-state index contributed by atoms with van der Waals surface area (Å²) in [6.07, 6.45) is 3.60. The Balaban J connectivity index is 2.02. The maximum absolute atomic E-state index is 12.4. The van der Waals surface area contributed by atoms with Crippen LogP contribution >= 0.6 is 0 Å². The van der Waals surface area contributed by atoms with Gasteiger partial charge in [-0.25, -0.2) is 13.1 Å². The number of aryl methyl sites for hydroxylation is 1. The third-order valence-electron chi connectivity index (χ3n) is 3.79. The third kappa shape index (κ3) is 4.03. The van der Waals surface area contributed by atoms with Crippen LogP contribution in [0.5, 0.6) is 0 Å². The second kappa shape index (κ2) is 6.87. The van der Waals surface area contributed by atoms with E-state index in [1.54, 1.807) is 6.92 Å². The van der Waals surface area contributed by atoms with E-state index >= 15 is 0 Å². The number of nitrogens with zero attached hydrogens (tertiary/aromatic N) is 2. The molecule has 0 radical (unpaired) electrons. The van der Waals surface area contributed by atoms with E-state index in [0.29, 0.717) is 17.8 Å². The van der Waals surface area contributed by atoms with E-state index in [4.69, 9.17) is 0 Å². The van der Waals surface area contributed by atoms with Crippen LogP contribution in [0.3, 0.4) is 0 Å². The normalized spacial score (nSPS) is 18.8. The number of sulfonamides is 1. The highest BCUT2D eigenvalue weighted by atomic mass is 32.2. The summed E-state index contributed by atoms with van der Waals surface area (Å²) in [4.78, 5) is 2.28. The van der Waals surface area contributed by atoms with Crippen LogP contribution in [0.15, 0.2) is 5.03 Å². The third-order valence-corrected chi connectivity index (χ3v) is 5.35. The molecule has 2 heterocycles. The zero-order valence-corrected chi connectivity index (χ0v) is 13.4. The van der Waals surface area contributed by atoms with Crippen LogP contribution in [0.2, 0.25) is 0 Å². The summed E-state index contributed by atoms with van der Waals surface area (Å²) in [6.45, 7) is 5.93. The van der Waals surface area contributed by atoms with Crippen LogP contribution in [-0.4, -0.2) is 54.3 Å². The molecule has 1 atom stereocenters. The summed E-state index contributed by atoms with van der Waals surface area (Å²) in [7, 11) is -3.71. The van der Waals surface area contributed by atoms with Gasteiger partial charge in [0.05, 0.1) is 6.61 Å². The maximum atomic E-state index is 12.4. The Morgan fingerprint density at radius 2 is 2.05 bits per heavy atom. The molecule has 8 heteroatoms. The van der Waals surface area contributed by atoms with Gasteiger partial charge >= 0.3 is 0 Å². The lowest BCUT2D eigenvalue weighted by atomic mass is 10.1. The van der Waals surface area contributed by atoms with Crippen LogP contribution in [0, 0.1) is 6.92 Å². The quantitative estimate of drug-likeness (QED) is 0.704. The number of likely N-dealkylation sites (tertiary alicyclic amines) is 1. The van der Waals surface area contributed by atoms with Crippen molar-refractivity contribution in [3.8, 4) is 0 Å². The predicted octanol–water partition coefficient (Wildman–Crippen LogP) is 0.363. The van der Waals surface area contributed by atoms with Crippen molar-refractivity contribution in [2.24, 2.45) is 0 Å². The van der Waals surface area contributed by atoms with Crippen LogP contribution < -0.4 is 4.72 Å². The minimum Gasteiger partial charge on any atom is -0.392 e. The topological polar surface area (TPSA) is 98.3 Å². The van der Waals surface area contributed by atoms with E-state index < -0.39 is 10.0 Å². The van der Waals surface area contributed by atoms with Gasteiger partial charge in [-0.2, -0.15) is 5.10 Å². The summed E-state index contributed by atoms with van der Waals surface area (Å²) in [5.41, 5.74) is 0.897.